The Morgan fingerprint density at radius 3 is 2.36 bits per heavy atom. The number of sulfonamides is 1. The number of nitrogens with one attached hydrogen (secondary N) is 1. The van der Waals surface area contributed by atoms with Gasteiger partial charge in [0.25, 0.3) is 15.9 Å². The van der Waals surface area contributed by atoms with Gasteiger partial charge >= 0.3 is 12.1 Å². The van der Waals surface area contributed by atoms with E-state index in [0.29, 0.717) is 17.3 Å². The van der Waals surface area contributed by atoms with Crippen molar-refractivity contribution in [2.45, 2.75) is 74.9 Å². The molecule has 0 aliphatic carbocycles. The summed E-state index contributed by atoms with van der Waals surface area (Å²) in [5, 5.41) is 2.74. The number of alkyl carbamates (subject to hydrolysis) is 1. The molecule has 12 nitrogen and oxygen atoms in total. The van der Waals surface area contributed by atoms with E-state index in [-0.39, 0.29) is 32.4 Å². The Bertz CT molecular complexity index is 1440. The SMILES string of the molecule is COC(=O)[C@H](CSc1nc(OC)c(N(COCC[Si](C)(C)C)S(=O)(=O)c2cccc(Cl)c2Cl)nc1C)NC(=O)OC(C)(C)C. The number of nitrogens with zero attached hydrogens (tertiary/aromatic N) is 3. The molecule has 2 aromatic rings. The van der Waals surface area contributed by atoms with Gasteiger partial charge in [0.05, 0.1) is 30.0 Å². The van der Waals surface area contributed by atoms with Crippen LogP contribution in [0.5, 0.6) is 5.88 Å². The van der Waals surface area contributed by atoms with Crippen LogP contribution in [0, 0.1) is 6.92 Å². The Hall–Kier alpha value is -2.30. The van der Waals surface area contributed by atoms with Crippen LogP contribution in [0.15, 0.2) is 28.1 Å². The minimum Gasteiger partial charge on any atom is -0.478 e. The molecule has 17 heteroatoms. The average molecular weight is 712 g/mol. The molecule has 1 amide bonds. The zero-order chi connectivity index (χ0) is 33.5. The summed E-state index contributed by atoms with van der Waals surface area (Å²) >= 11 is 13.5. The third-order valence-electron chi connectivity index (χ3n) is 5.66. The van der Waals surface area contributed by atoms with E-state index in [9.17, 15) is 18.0 Å². The minimum absolute atomic E-state index is 0.00384. The van der Waals surface area contributed by atoms with Crippen LogP contribution in [0.25, 0.3) is 0 Å². The van der Waals surface area contributed by atoms with E-state index in [1.165, 1.54) is 32.4 Å². The van der Waals surface area contributed by atoms with Crippen molar-refractivity contribution in [3.05, 3.63) is 33.9 Å². The quantitative estimate of drug-likeness (QED) is 0.0839. The third kappa shape index (κ3) is 10.9. The number of methoxy groups -OCH3 is 2. The first kappa shape index (κ1) is 37.9. The summed E-state index contributed by atoms with van der Waals surface area (Å²) in [6.07, 6.45) is -0.793. The molecule has 0 saturated heterocycles. The summed E-state index contributed by atoms with van der Waals surface area (Å²) in [6.45, 7) is 13.2. The van der Waals surface area contributed by atoms with Crippen LogP contribution in [0.1, 0.15) is 26.5 Å². The molecule has 0 fully saturated rings. The third-order valence-corrected chi connectivity index (χ3v) is 11.2. The van der Waals surface area contributed by atoms with Crippen molar-refractivity contribution in [2.24, 2.45) is 0 Å². The fourth-order valence-electron chi connectivity index (χ4n) is 3.41. The molecular weight excluding hydrogens is 671 g/mol. The molecule has 0 unspecified atom stereocenters. The number of esters is 1. The second-order valence-corrected chi connectivity index (χ2v) is 21.0. The summed E-state index contributed by atoms with van der Waals surface area (Å²) in [5.41, 5.74) is -0.450. The molecule has 0 saturated carbocycles. The van der Waals surface area contributed by atoms with Crippen molar-refractivity contribution >= 4 is 70.9 Å². The number of amides is 1. The Morgan fingerprint density at radius 1 is 1.14 bits per heavy atom. The fourth-order valence-corrected chi connectivity index (χ4v) is 7.14. The number of carbonyl (C=O) groups excluding carboxylic acids is 2. The van der Waals surface area contributed by atoms with Crippen LogP contribution < -0.4 is 14.4 Å². The highest BCUT2D eigenvalue weighted by molar-refractivity contribution is 7.99. The second kappa shape index (κ2) is 15.8. The van der Waals surface area contributed by atoms with E-state index in [1.54, 1.807) is 27.7 Å². The number of halogens is 2. The number of thioether (sulfide) groups is 1. The number of anilines is 1. The first-order valence-electron chi connectivity index (χ1n) is 13.5. The molecule has 0 aliphatic heterocycles. The molecule has 0 bridgehead atoms. The lowest BCUT2D eigenvalue weighted by Gasteiger charge is -2.26. The zero-order valence-corrected chi connectivity index (χ0v) is 30.5. The van der Waals surface area contributed by atoms with Gasteiger partial charge in [0.2, 0.25) is 5.82 Å². The molecule has 1 heterocycles. The predicted octanol–water partition coefficient (Wildman–Crippen LogP) is 5.77. The Labute approximate surface area is 274 Å². The van der Waals surface area contributed by atoms with Gasteiger partial charge in [-0.2, -0.15) is 0 Å². The van der Waals surface area contributed by atoms with E-state index in [1.807, 2.05) is 0 Å². The van der Waals surface area contributed by atoms with Crippen molar-refractivity contribution in [2.75, 3.05) is 37.6 Å². The van der Waals surface area contributed by atoms with Gasteiger partial charge in [0.1, 0.15) is 28.3 Å². The summed E-state index contributed by atoms with van der Waals surface area (Å²) in [7, 11) is -3.32. The second-order valence-electron chi connectivity index (χ2n) is 11.7. The summed E-state index contributed by atoms with van der Waals surface area (Å²) in [5.74, 6) is -0.939. The van der Waals surface area contributed by atoms with Crippen LogP contribution in [0.2, 0.25) is 35.7 Å². The first-order valence-corrected chi connectivity index (χ1v) is 20.4. The Kier molecular flexibility index (Phi) is 13.6. The fraction of sp³-hybridized carbons (Fsp3) is 0.556. The van der Waals surface area contributed by atoms with Crippen LogP contribution >= 0.6 is 35.0 Å². The molecule has 1 aromatic carbocycles. The highest BCUT2D eigenvalue weighted by Gasteiger charge is 2.33. The molecule has 44 heavy (non-hydrogen) atoms. The monoisotopic (exact) mass is 710 g/mol. The number of benzene rings is 1. The number of aromatic nitrogens is 2. The normalized spacial score (nSPS) is 12.8. The van der Waals surface area contributed by atoms with E-state index in [2.05, 4.69) is 34.9 Å². The molecule has 1 N–H and O–H groups in total. The summed E-state index contributed by atoms with van der Waals surface area (Å²) in [4.78, 5) is 33.5. The number of aryl methyl sites for hydroxylation is 1. The number of hydrogen-bond acceptors (Lipinski definition) is 11. The summed E-state index contributed by atoms with van der Waals surface area (Å²) < 4.78 is 50.3. The maximum absolute atomic E-state index is 14.0. The van der Waals surface area contributed by atoms with Gasteiger partial charge in [0.15, 0.2) is 0 Å². The number of carbonyl (C=O) groups is 2. The van der Waals surface area contributed by atoms with Crippen molar-refractivity contribution in [1.82, 2.24) is 15.3 Å². The van der Waals surface area contributed by atoms with E-state index in [0.717, 1.165) is 22.1 Å². The predicted molar refractivity (Wildman–Crippen MR) is 174 cm³/mol. The van der Waals surface area contributed by atoms with Crippen LogP contribution in [0.3, 0.4) is 0 Å². The number of hydrogen-bond donors (Lipinski definition) is 1. The van der Waals surface area contributed by atoms with E-state index >= 15 is 0 Å². The molecule has 246 valence electrons. The maximum atomic E-state index is 14.0. The van der Waals surface area contributed by atoms with Crippen molar-refractivity contribution in [3.8, 4) is 5.88 Å². The summed E-state index contributed by atoms with van der Waals surface area (Å²) in [6, 6.07) is 4.01. The first-order chi connectivity index (χ1) is 20.3. The van der Waals surface area contributed by atoms with Gasteiger partial charge < -0.3 is 24.3 Å². The standard InChI is InChI=1S/C27H40Cl2N4O8S2Si/c1-17-24(42-15-19(25(34)39-6)31-26(35)41-27(2,3)4)32-23(38-5)22(30-17)33(16-40-13-14-44(7,8)9)43(36,37)20-12-10-11-18(28)21(20)29/h10-12,19H,13-16H2,1-9H3,(H,31,35)/t19-/m0/s1. The highest BCUT2D eigenvalue weighted by atomic mass is 35.5. The Balaban J connectivity index is 2.47. The maximum Gasteiger partial charge on any atom is 0.408 e. The van der Waals surface area contributed by atoms with E-state index < -0.39 is 48.5 Å². The highest BCUT2D eigenvalue weighted by Crippen LogP contribution is 2.36. The molecule has 0 aliphatic rings. The smallest absolute Gasteiger partial charge is 0.408 e. The van der Waals surface area contributed by atoms with Crippen molar-refractivity contribution in [1.29, 1.82) is 0 Å². The number of rotatable bonds is 14. The van der Waals surface area contributed by atoms with Gasteiger partial charge in [-0.05, 0) is 45.9 Å². The van der Waals surface area contributed by atoms with Crippen LogP contribution in [-0.4, -0.2) is 83.5 Å². The lowest BCUT2D eigenvalue weighted by Crippen LogP contribution is -2.45. The molecule has 2 rings (SSSR count). The van der Waals surface area contributed by atoms with Crippen LogP contribution in [-0.2, 0) is 29.0 Å². The van der Waals surface area contributed by atoms with Gasteiger partial charge in [-0.15, -0.1) is 11.8 Å². The van der Waals surface area contributed by atoms with Gasteiger partial charge in [-0.25, -0.2) is 32.3 Å². The average Bonchev–Trinajstić information content (AvgIpc) is 2.90. The molecule has 0 spiro atoms. The molecular formula is C27H40Cl2N4O8S2Si. The number of ether oxygens (including phenoxy) is 4. The topological polar surface area (TPSA) is 146 Å². The minimum atomic E-state index is -4.36. The lowest BCUT2D eigenvalue weighted by atomic mass is 10.2. The molecule has 1 aromatic heterocycles. The Morgan fingerprint density at radius 2 is 1.80 bits per heavy atom. The molecule has 0 radical (unpaired) electrons. The largest absolute Gasteiger partial charge is 0.478 e. The van der Waals surface area contributed by atoms with Gasteiger partial charge in [-0.3, -0.25) is 0 Å². The van der Waals surface area contributed by atoms with Gasteiger partial charge in [0, 0.05) is 20.4 Å². The van der Waals surface area contributed by atoms with Crippen molar-refractivity contribution in [3.63, 3.8) is 0 Å². The van der Waals surface area contributed by atoms with Gasteiger partial charge in [-0.1, -0.05) is 48.9 Å². The van der Waals surface area contributed by atoms with Crippen molar-refractivity contribution < 1.29 is 37.0 Å². The zero-order valence-electron chi connectivity index (χ0n) is 26.3. The van der Waals surface area contributed by atoms with Crippen LogP contribution in [0.4, 0.5) is 10.6 Å². The lowest BCUT2D eigenvalue weighted by molar-refractivity contribution is -0.142. The van der Waals surface area contributed by atoms with E-state index in [4.69, 9.17) is 42.1 Å². The molecule has 1 atom stereocenters.